The molecule has 2 nitrogen and oxygen atoms in total. The fourth-order valence-electron chi connectivity index (χ4n) is 2.93. The summed E-state index contributed by atoms with van der Waals surface area (Å²) in [5.74, 6) is 0. The topological polar surface area (TPSA) is 33.1 Å². The van der Waals surface area contributed by atoms with Gasteiger partial charge in [-0.25, -0.2) is 4.98 Å². The molecule has 0 saturated heterocycles. The second-order valence-corrected chi connectivity index (χ2v) is 7.69. The van der Waals surface area contributed by atoms with E-state index in [1.807, 2.05) is 5.38 Å². The molecular weight excluding hydrogens is 314 g/mol. The zero-order valence-electron chi connectivity index (χ0n) is 15.6. The van der Waals surface area contributed by atoms with E-state index in [4.69, 9.17) is 0 Å². The molecule has 0 radical (unpaired) electrons. The quantitative estimate of drug-likeness (QED) is 0.252. The van der Waals surface area contributed by atoms with Crippen LogP contribution in [0.25, 0.3) is 0 Å². The third-order valence-corrected chi connectivity index (χ3v) is 5.35. The van der Waals surface area contributed by atoms with Crippen molar-refractivity contribution in [2.75, 3.05) is 0 Å². The van der Waals surface area contributed by atoms with Crippen LogP contribution in [-0.2, 0) is 0 Å². The van der Waals surface area contributed by atoms with E-state index >= 15 is 0 Å². The lowest BCUT2D eigenvalue weighted by Crippen LogP contribution is -1.96. The predicted octanol–water partition coefficient (Wildman–Crippen LogP) is 7.21. The summed E-state index contributed by atoms with van der Waals surface area (Å²) in [7, 11) is 0. The van der Waals surface area contributed by atoms with E-state index in [-0.39, 0.29) is 6.10 Å². The summed E-state index contributed by atoms with van der Waals surface area (Å²) in [5.41, 5.74) is 0. The van der Waals surface area contributed by atoms with Gasteiger partial charge in [0.05, 0.1) is 0 Å². The molecule has 24 heavy (non-hydrogen) atoms. The molecule has 1 aromatic heterocycles. The van der Waals surface area contributed by atoms with Crippen molar-refractivity contribution in [1.29, 1.82) is 0 Å². The van der Waals surface area contributed by atoms with E-state index in [9.17, 15) is 5.11 Å². The number of hydrogen-bond donors (Lipinski definition) is 1. The van der Waals surface area contributed by atoms with Crippen molar-refractivity contribution in [3.63, 3.8) is 0 Å². The Balaban J connectivity index is 1.79. The molecule has 0 bridgehead atoms. The third-order valence-electron chi connectivity index (χ3n) is 4.48. The van der Waals surface area contributed by atoms with Gasteiger partial charge in [0, 0.05) is 11.6 Å². The molecule has 0 aliphatic heterocycles. The predicted molar refractivity (Wildman–Crippen MR) is 107 cm³/mol. The first-order chi connectivity index (χ1) is 11.8. The molecule has 1 rings (SSSR count). The number of thiazole rings is 1. The Morgan fingerprint density at radius 3 is 2.08 bits per heavy atom. The summed E-state index contributed by atoms with van der Waals surface area (Å²) in [5, 5.41) is 12.7. The first-order valence-electron chi connectivity index (χ1n) is 10.1. The Hall–Kier alpha value is -0.670. The number of unbranched alkanes of at least 4 members (excludes halogenated alkanes) is 11. The molecule has 0 aliphatic carbocycles. The van der Waals surface area contributed by atoms with Crippen molar-refractivity contribution >= 4 is 11.3 Å². The van der Waals surface area contributed by atoms with Crippen LogP contribution < -0.4 is 0 Å². The van der Waals surface area contributed by atoms with E-state index in [0.29, 0.717) is 0 Å². The molecule has 1 aromatic rings. The highest BCUT2D eigenvalue weighted by molar-refractivity contribution is 7.09. The van der Waals surface area contributed by atoms with Crippen LogP contribution in [0.15, 0.2) is 23.7 Å². The standard InChI is InChI=1S/C21H37NOS/c1-2-3-4-5-6-7-8-9-10-11-12-13-14-15-16-17-20(23)21-22-18-19-24-21/h9-10,18-20,23H,2-8,11-17H2,1H3. The number of hydrogen-bond acceptors (Lipinski definition) is 3. The molecule has 0 amide bonds. The van der Waals surface area contributed by atoms with Gasteiger partial charge in [-0.15, -0.1) is 11.3 Å². The minimum Gasteiger partial charge on any atom is -0.386 e. The highest BCUT2D eigenvalue weighted by atomic mass is 32.1. The molecule has 1 unspecified atom stereocenters. The number of aromatic nitrogens is 1. The minimum absolute atomic E-state index is 0.352. The van der Waals surface area contributed by atoms with Gasteiger partial charge in [-0.3, -0.25) is 0 Å². The summed E-state index contributed by atoms with van der Waals surface area (Å²) in [6.45, 7) is 2.27. The second-order valence-electron chi connectivity index (χ2n) is 6.76. The maximum absolute atomic E-state index is 9.95. The number of aliphatic hydroxyl groups excluding tert-OH is 1. The number of rotatable bonds is 16. The van der Waals surface area contributed by atoms with E-state index in [1.165, 1.54) is 77.0 Å². The van der Waals surface area contributed by atoms with Gasteiger partial charge < -0.3 is 5.11 Å². The van der Waals surface area contributed by atoms with Crippen molar-refractivity contribution < 1.29 is 5.11 Å². The fraction of sp³-hybridized carbons (Fsp3) is 0.762. The van der Waals surface area contributed by atoms with Gasteiger partial charge in [-0.2, -0.15) is 0 Å². The van der Waals surface area contributed by atoms with Crippen LogP contribution in [0.3, 0.4) is 0 Å². The molecule has 0 saturated carbocycles. The molecule has 138 valence electrons. The number of allylic oxidation sites excluding steroid dienone is 2. The molecule has 0 aromatic carbocycles. The first kappa shape index (κ1) is 21.4. The van der Waals surface area contributed by atoms with Crippen molar-refractivity contribution in [1.82, 2.24) is 4.98 Å². The van der Waals surface area contributed by atoms with Crippen LogP contribution in [0.2, 0.25) is 0 Å². The molecule has 0 fully saturated rings. The average Bonchev–Trinajstić information content (AvgIpc) is 3.13. The van der Waals surface area contributed by atoms with Crippen molar-refractivity contribution in [3.8, 4) is 0 Å². The molecular formula is C21H37NOS. The normalized spacial score (nSPS) is 12.9. The molecule has 1 atom stereocenters. The summed E-state index contributed by atoms with van der Waals surface area (Å²) < 4.78 is 0. The number of aliphatic hydroxyl groups is 1. The van der Waals surface area contributed by atoms with Gasteiger partial charge in [0.15, 0.2) is 0 Å². The van der Waals surface area contributed by atoms with Crippen LogP contribution in [0.1, 0.15) is 108 Å². The minimum atomic E-state index is -0.352. The van der Waals surface area contributed by atoms with Crippen LogP contribution in [-0.4, -0.2) is 10.1 Å². The van der Waals surface area contributed by atoms with Crippen LogP contribution in [0.4, 0.5) is 0 Å². The Morgan fingerprint density at radius 1 is 0.917 bits per heavy atom. The van der Waals surface area contributed by atoms with Crippen LogP contribution in [0.5, 0.6) is 0 Å². The second kappa shape index (κ2) is 15.8. The lowest BCUT2D eigenvalue weighted by atomic mass is 10.1. The Kier molecular flexibility index (Phi) is 14.1. The van der Waals surface area contributed by atoms with Gasteiger partial charge in [-0.05, 0) is 32.1 Å². The zero-order valence-corrected chi connectivity index (χ0v) is 16.4. The Bertz CT molecular complexity index is 389. The molecule has 1 heterocycles. The summed E-state index contributed by atoms with van der Waals surface area (Å²) >= 11 is 1.55. The Morgan fingerprint density at radius 2 is 1.50 bits per heavy atom. The lowest BCUT2D eigenvalue weighted by Gasteiger charge is -2.06. The molecule has 3 heteroatoms. The summed E-state index contributed by atoms with van der Waals surface area (Å²) in [6, 6.07) is 0. The molecule has 0 aliphatic rings. The van der Waals surface area contributed by atoms with Crippen molar-refractivity contribution in [2.45, 2.75) is 103 Å². The van der Waals surface area contributed by atoms with E-state index in [0.717, 1.165) is 17.8 Å². The summed E-state index contributed by atoms with van der Waals surface area (Å²) in [6.07, 6.45) is 24.1. The average molecular weight is 352 g/mol. The smallest absolute Gasteiger partial charge is 0.121 e. The maximum Gasteiger partial charge on any atom is 0.121 e. The Labute approximate surface area is 153 Å². The zero-order chi connectivity index (χ0) is 17.3. The molecule has 0 spiro atoms. The van der Waals surface area contributed by atoms with Crippen LogP contribution >= 0.6 is 11.3 Å². The summed E-state index contributed by atoms with van der Waals surface area (Å²) in [4.78, 5) is 4.17. The van der Waals surface area contributed by atoms with E-state index < -0.39 is 0 Å². The highest BCUT2D eigenvalue weighted by Crippen LogP contribution is 2.21. The van der Waals surface area contributed by atoms with Gasteiger partial charge >= 0.3 is 0 Å². The van der Waals surface area contributed by atoms with Gasteiger partial charge in [-0.1, -0.05) is 76.9 Å². The molecule has 1 N–H and O–H groups in total. The van der Waals surface area contributed by atoms with Crippen molar-refractivity contribution in [3.05, 3.63) is 28.7 Å². The monoisotopic (exact) mass is 351 g/mol. The van der Waals surface area contributed by atoms with Crippen LogP contribution in [0, 0.1) is 0 Å². The first-order valence-corrected chi connectivity index (χ1v) is 10.9. The lowest BCUT2D eigenvalue weighted by molar-refractivity contribution is 0.163. The highest BCUT2D eigenvalue weighted by Gasteiger charge is 2.08. The van der Waals surface area contributed by atoms with Gasteiger partial charge in [0.2, 0.25) is 0 Å². The number of nitrogens with zero attached hydrogens (tertiary/aromatic N) is 1. The SMILES string of the molecule is CCCCCCCCC=CCCCCCCCC(O)c1nccs1. The third kappa shape index (κ3) is 11.8. The van der Waals surface area contributed by atoms with E-state index in [2.05, 4.69) is 24.1 Å². The van der Waals surface area contributed by atoms with Gasteiger partial charge in [0.1, 0.15) is 11.1 Å². The fourth-order valence-corrected chi connectivity index (χ4v) is 3.59. The van der Waals surface area contributed by atoms with E-state index in [1.54, 1.807) is 17.5 Å². The largest absolute Gasteiger partial charge is 0.386 e. The maximum atomic E-state index is 9.95. The van der Waals surface area contributed by atoms with Crippen molar-refractivity contribution in [2.24, 2.45) is 0 Å². The van der Waals surface area contributed by atoms with Gasteiger partial charge in [0.25, 0.3) is 0 Å².